The van der Waals surface area contributed by atoms with Crippen LogP contribution in [0.3, 0.4) is 0 Å². The van der Waals surface area contributed by atoms with Gasteiger partial charge < -0.3 is 16.5 Å². The van der Waals surface area contributed by atoms with Gasteiger partial charge in [-0.25, -0.2) is 17.8 Å². The van der Waals surface area contributed by atoms with E-state index in [0.29, 0.717) is 29.5 Å². The van der Waals surface area contributed by atoms with Crippen LogP contribution in [0.15, 0.2) is 59.4 Å². The van der Waals surface area contributed by atoms with Gasteiger partial charge in [-0.2, -0.15) is 0 Å². The number of benzene rings is 3. The molecule has 0 aliphatic heterocycles. The van der Waals surface area contributed by atoms with Crippen LogP contribution in [-0.4, -0.2) is 29.7 Å². The summed E-state index contributed by atoms with van der Waals surface area (Å²) in [5.41, 5.74) is 8.86. The number of nitrogens with two attached hydrogens (primary N) is 1. The zero-order chi connectivity index (χ0) is 34.1. The van der Waals surface area contributed by atoms with Crippen LogP contribution in [0.1, 0.15) is 100 Å². The molecule has 0 spiro atoms. The fraction of sp³-hybridized carbons (Fsp3) is 0.378. The van der Waals surface area contributed by atoms with E-state index in [-0.39, 0.29) is 52.4 Å². The van der Waals surface area contributed by atoms with Crippen LogP contribution >= 0.6 is 0 Å². The number of nitrogens with one attached hydrogen (secondary N) is 2. The number of amides is 2. The molecule has 2 saturated carbocycles. The molecule has 2 atom stereocenters. The predicted octanol–water partition coefficient (Wildman–Crippen LogP) is 6.93. The Kier molecular flexibility index (Phi) is 9.57. The summed E-state index contributed by atoms with van der Waals surface area (Å²) in [7, 11) is 0. The average Bonchev–Trinajstić information content (AvgIpc) is 2.99. The second-order valence-corrected chi connectivity index (χ2v) is 12.9. The van der Waals surface area contributed by atoms with E-state index in [2.05, 4.69) is 10.7 Å². The molecule has 0 unspecified atom stereocenters. The zero-order valence-corrected chi connectivity index (χ0v) is 26.6. The Bertz CT molecular complexity index is 1940. The van der Waals surface area contributed by atoms with Gasteiger partial charge in [-0.1, -0.05) is 43.2 Å². The molecule has 1 heterocycles. The topological polar surface area (TPSA) is 106 Å². The minimum Gasteiger partial charge on any atom is -0.365 e. The molecule has 4 N–H and O–H groups in total. The number of halogens is 4. The maximum atomic E-state index is 16.0. The molecule has 0 radical (unpaired) electrons. The van der Waals surface area contributed by atoms with Crippen molar-refractivity contribution >= 4 is 22.6 Å². The van der Waals surface area contributed by atoms with E-state index in [1.165, 1.54) is 24.3 Å². The summed E-state index contributed by atoms with van der Waals surface area (Å²) in [6, 6.07) is 12.3. The van der Waals surface area contributed by atoms with Crippen LogP contribution in [-0.2, 0) is 0 Å². The first-order valence-corrected chi connectivity index (χ1v) is 16.4. The van der Waals surface area contributed by atoms with Crippen LogP contribution in [0.2, 0.25) is 0 Å². The molecule has 2 fully saturated rings. The first-order chi connectivity index (χ1) is 23.1. The van der Waals surface area contributed by atoms with Gasteiger partial charge in [0.25, 0.3) is 17.4 Å². The summed E-state index contributed by atoms with van der Waals surface area (Å²) < 4.78 is 59.7. The van der Waals surface area contributed by atoms with Crippen LogP contribution in [0.5, 0.6) is 0 Å². The Morgan fingerprint density at radius 1 is 0.896 bits per heavy atom. The standard InChI is InChI=1S/C37H38F4N4O3/c1-20-29(36(47)44-34(22-9-3-10-22)23-11-4-12-24(39)19-23)32-26(15-16-28(41)33(32)37(48)45(20)43-18-6-17-38)30(21-7-2-8-21)25-13-5-14-27(40)31(25)35(42)46/h4-5,11-16,19,21-22,30,34,43H,2-3,6-10,17-18H2,1H3,(H2,42,46)(H,44,47)/t30-,34+/m1/s1. The van der Waals surface area contributed by atoms with E-state index in [1.807, 2.05) is 0 Å². The van der Waals surface area contributed by atoms with E-state index < -0.39 is 53.5 Å². The maximum Gasteiger partial charge on any atom is 0.279 e. The van der Waals surface area contributed by atoms with E-state index in [4.69, 9.17) is 5.73 Å². The summed E-state index contributed by atoms with van der Waals surface area (Å²) in [4.78, 5) is 41.3. The number of carbonyl (C=O) groups excluding carboxylic acids is 2. The SMILES string of the molecule is Cc1c(C(=O)N[C@H](c2cccc(F)c2)C2CCC2)c2c([C@@H](c3cccc(F)c3C(N)=O)C3CCC3)ccc(F)c2c(=O)n1NCCCF. The highest BCUT2D eigenvalue weighted by Crippen LogP contribution is 2.47. The fourth-order valence-corrected chi connectivity index (χ4v) is 7.28. The lowest BCUT2D eigenvalue weighted by Crippen LogP contribution is -2.39. The molecule has 0 bridgehead atoms. The highest BCUT2D eigenvalue weighted by molar-refractivity contribution is 6.09. The third-order valence-electron chi connectivity index (χ3n) is 10.1. The normalized spacial score (nSPS) is 16.2. The monoisotopic (exact) mass is 662 g/mol. The average molecular weight is 663 g/mol. The maximum absolute atomic E-state index is 16.0. The fourth-order valence-electron chi connectivity index (χ4n) is 7.28. The minimum atomic E-state index is -0.967. The quantitative estimate of drug-likeness (QED) is 0.113. The highest BCUT2D eigenvalue weighted by atomic mass is 19.1. The summed E-state index contributed by atoms with van der Waals surface area (Å²) >= 11 is 0. The Morgan fingerprint density at radius 3 is 2.23 bits per heavy atom. The van der Waals surface area contributed by atoms with E-state index in [0.717, 1.165) is 42.5 Å². The van der Waals surface area contributed by atoms with Crippen molar-refractivity contribution < 1.29 is 27.2 Å². The lowest BCUT2D eigenvalue weighted by atomic mass is 9.68. The van der Waals surface area contributed by atoms with Gasteiger partial charge >= 0.3 is 0 Å². The molecule has 2 aliphatic rings. The lowest BCUT2D eigenvalue weighted by Gasteiger charge is -2.37. The molecular weight excluding hydrogens is 624 g/mol. The molecule has 0 saturated heterocycles. The third-order valence-corrected chi connectivity index (χ3v) is 10.1. The Morgan fingerprint density at radius 2 is 1.60 bits per heavy atom. The largest absolute Gasteiger partial charge is 0.365 e. The molecular formula is C37H38F4N4O3. The Balaban J connectivity index is 1.61. The van der Waals surface area contributed by atoms with E-state index >= 15 is 8.78 Å². The number of hydrogen-bond acceptors (Lipinski definition) is 4. The first kappa shape index (κ1) is 33.2. The second kappa shape index (κ2) is 13.8. The van der Waals surface area contributed by atoms with Crippen LogP contribution in [0, 0.1) is 36.2 Å². The number of hydrogen-bond donors (Lipinski definition) is 3. The molecule has 252 valence electrons. The highest BCUT2D eigenvalue weighted by Gasteiger charge is 2.37. The van der Waals surface area contributed by atoms with Gasteiger partial charge in [0.1, 0.15) is 17.5 Å². The number of fused-ring (bicyclic) bond motifs is 1. The van der Waals surface area contributed by atoms with Crippen molar-refractivity contribution in [3.05, 3.63) is 116 Å². The number of aromatic nitrogens is 1. The molecule has 4 aromatic rings. The van der Waals surface area contributed by atoms with Gasteiger partial charge in [-0.3, -0.25) is 18.8 Å². The summed E-state index contributed by atoms with van der Waals surface area (Å²) in [6.07, 6.45) is 4.93. The number of carbonyl (C=O) groups is 2. The van der Waals surface area contributed by atoms with Gasteiger partial charge in [0.05, 0.1) is 34.9 Å². The van der Waals surface area contributed by atoms with Crippen molar-refractivity contribution in [1.82, 2.24) is 9.99 Å². The predicted molar refractivity (Wildman–Crippen MR) is 176 cm³/mol. The van der Waals surface area contributed by atoms with E-state index in [1.54, 1.807) is 25.1 Å². The number of rotatable bonds is 12. The summed E-state index contributed by atoms with van der Waals surface area (Å²) in [6.45, 7) is 0.924. The van der Waals surface area contributed by atoms with Crippen LogP contribution < -0.4 is 22.0 Å². The zero-order valence-electron chi connectivity index (χ0n) is 26.6. The number of alkyl halides is 1. The lowest BCUT2D eigenvalue weighted by molar-refractivity contribution is 0.0899. The molecule has 3 aromatic carbocycles. The van der Waals surface area contributed by atoms with Gasteiger partial charge in [-0.05, 0) is 91.8 Å². The van der Waals surface area contributed by atoms with Crippen molar-refractivity contribution in [3.63, 3.8) is 0 Å². The van der Waals surface area contributed by atoms with Crippen molar-refractivity contribution in [2.24, 2.45) is 17.6 Å². The second-order valence-electron chi connectivity index (χ2n) is 12.9. The van der Waals surface area contributed by atoms with Crippen molar-refractivity contribution in [3.8, 4) is 0 Å². The molecule has 2 aliphatic carbocycles. The summed E-state index contributed by atoms with van der Waals surface area (Å²) in [5.74, 6) is -4.51. The van der Waals surface area contributed by atoms with Gasteiger partial charge in [-0.15, -0.1) is 0 Å². The van der Waals surface area contributed by atoms with Crippen LogP contribution in [0.25, 0.3) is 10.8 Å². The molecule has 1 aromatic heterocycles. The Hall–Kier alpha value is -4.67. The minimum absolute atomic E-state index is 0.00562. The Labute approximate surface area is 275 Å². The summed E-state index contributed by atoms with van der Waals surface area (Å²) in [5, 5.41) is 2.75. The van der Waals surface area contributed by atoms with Crippen molar-refractivity contribution in [2.75, 3.05) is 18.6 Å². The molecule has 11 heteroatoms. The van der Waals surface area contributed by atoms with Gasteiger partial charge in [0.15, 0.2) is 0 Å². The van der Waals surface area contributed by atoms with Crippen molar-refractivity contribution in [1.29, 1.82) is 0 Å². The molecule has 7 nitrogen and oxygen atoms in total. The number of primary amides is 1. The van der Waals surface area contributed by atoms with Gasteiger partial charge in [0.2, 0.25) is 0 Å². The van der Waals surface area contributed by atoms with E-state index in [9.17, 15) is 23.2 Å². The first-order valence-electron chi connectivity index (χ1n) is 16.4. The van der Waals surface area contributed by atoms with Crippen molar-refractivity contribution in [2.45, 2.75) is 63.8 Å². The number of nitrogens with zero attached hydrogens (tertiary/aromatic N) is 1. The molecule has 2 amide bonds. The van der Waals surface area contributed by atoms with Crippen LogP contribution in [0.4, 0.5) is 17.6 Å². The smallest absolute Gasteiger partial charge is 0.279 e. The van der Waals surface area contributed by atoms with Gasteiger partial charge in [0, 0.05) is 17.8 Å². The molecule has 6 rings (SSSR count). The number of pyridine rings is 1. The molecule has 48 heavy (non-hydrogen) atoms. The third kappa shape index (κ3) is 6.06.